The summed E-state index contributed by atoms with van der Waals surface area (Å²) in [7, 11) is -5.58. The second-order valence-electron chi connectivity index (χ2n) is 5.26. The van der Waals surface area contributed by atoms with Gasteiger partial charge in [0.2, 0.25) is 0 Å². The summed E-state index contributed by atoms with van der Waals surface area (Å²) in [5.74, 6) is 0. The van der Waals surface area contributed by atoms with Crippen LogP contribution in [0.5, 0.6) is 0 Å². The summed E-state index contributed by atoms with van der Waals surface area (Å²) in [6, 6.07) is 13.0. The average Bonchev–Trinajstić information content (AvgIpc) is 2.51. The van der Waals surface area contributed by atoms with Crippen LogP contribution in [-0.4, -0.2) is 13.9 Å². The monoisotopic (exact) mass is 342 g/mol. The molecule has 0 radical (unpaired) electrons. The van der Waals surface area contributed by atoms with Crippen molar-refractivity contribution in [3.8, 4) is 11.1 Å². The van der Waals surface area contributed by atoms with Gasteiger partial charge < -0.3 is 0 Å². The van der Waals surface area contributed by atoms with E-state index in [1.807, 2.05) is 30.3 Å². The minimum Gasteiger partial charge on any atom is -0.258 e. The van der Waals surface area contributed by atoms with Crippen molar-refractivity contribution in [3.05, 3.63) is 59.2 Å². The lowest BCUT2D eigenvalue weighted by Gasteiger charge is -2.22. The van der Waals surface area contributed by atoms with Crippen LogP contribution in [0.15, 0.2) is 42.5 Å². The zero-order valence-corrected chi connectivity index (χ0v) is 12.7. The van der Waals surface area contributed by atoms with Crippen LogP contribution in [0.25, 0.3) is 11.1 Å². The molecule has 0 unspecified atom stereocenters. The van der Waals surface area contributed by atoms with Crippen molar-refractivity contribution in [2.45, 2.75) is 25.0 Å². The summed E-state index contributed by atoms with van der Waals surface area (Å²) < 4.78 is 63.3. The van der Waals surface area contributed by atoms with Crippen molar-refractivity contribution in [1.82, 2.24) is 0 Å². The molecule has 0 saturated carbocycles. The molecule has 0 atom stereocenters. The van der Waals surface area contributed by atoms with Crippen LogP contribution in [0.1, 0.15) is 16.7 Å². The first kappa shape index (κ1) is 16.0. The van der Waals surface area contributed by atoms with E-state index < -0.39 is 22.2 Å². The first-order valence-electron chi connectivity index (χ1n) is 6.94. The largest absolute Gasteiger partial charge is 0.523 e. The lowest BCUT2D eigenvalue weighted by atomic mass is 9.83. The number of hydrogen-bond acceptors (Lipinski definition) is 3. The molecule has 1 aliphatic rings. The highest BCUT2D eigenvalue weighted by Gasteiger charge is 2.47. The van der Waals surface area contributed by atoms with E-state index in [1.54, 1.807) is 12.1 Å². The van der Waals surface area contributed by atoms with Gasteiger partial charge in [0.1, 0.15) is 0 Å². The van der Waals surface area contributed by atoms with Crippen LogP contribution in [-0.2, 0) is 33.7 Å². The normalized spacial score (nSPS) is 14.2. The van der Waals surface area contributed by atoms with Crippen molar-refractivity contribution in [1.29, 1.82) is 0 Å². The number of hydrogen-bond donors (Lipinski definition) is 0. The molecule has 0 bridgehead atoms. The first-order chi connectivity index (χ1) is 10.8. The SMILES string of the molecule is O=S(=O)(OCc1cccc2c1CCc1ccccc1-2)C(F)(F)F. The maximum Gasteiger partial charge on any atom is 0.523 e. The predicted octanol–water partition coefficient (Wildman–Crippen LogP) is 3.82. The molecule has 0 heterocycles. The van der Waals surface area contributed by atoms with Crippen LogP contribution in [0.4, 0.5) is 13.2 Å². The molecule has 23 heavy (non-hydrogen) atoms. The highest BCUT2D eigenvalue weighted by Crippen LogP contribution is 2.35. The lowest BCUT2D eigenvalue weighted by molar-refractivity contribution is -0.0548. The molecule has 7 heteroatoms. The fraction of sp³-hybridized carbons (Fsp3) is 0.250. The molecule has 0 aromatic heterocycles. The van der Waals surface area contributed by atoms with Crippen LogP contribution in [0, 0.1) is 0 Å². The number of alkyl halides is 3. The predicted molar refractivity (Wildman–Crippen MR) is 79.0 cm³/mol. The van der Waals surface area contributed by atoms with Crippen LogP contribution in [0.2, 0.25) is 0 Å². The third kappa shape index (κ3) is 2.98. The zero-order valence-electron chi connectivity index (χ0n) is 11.9. The van der Waals surface area contributed by atoms with Gasteiger partial charge in [-0.3, -0.25) is 4.18 Å². The van der Waals surface area contributed by atoms with E-state index in [-0.39, 0.29) is 0 Å². The number of fused-ring (bicyclic) bond motifs is 3. The molecule has 0 saturated heterocycles. The van der Waals surface area contributed by atoms with Gasteiger partial charge in [-0.05, 0) is 40.7 Å². The molecule has 0 N–H and O–H groups in total. The Morgan fingerprint density at radius 2 is 1.65 bits per heavy atom. The maximum absolute atomic E-state index is 12.4. The first-order valence-corrected chi connectivity index (χ1v) is 8.35. The van der Waals surface area contributed by atoms with Gasteiger partial charge in [-0.2, -0.15) is 21.6 Å². The molecule has 0 aliphatic heterocycles. The molecule has 0 spiro atoms. The summed E-state index contributed by atoms with van der Waals surface area (Å²) >= 11 is 0. The van der Waals surface area contributed by atoms with E-state index in [0.717, 1.165) is 23.1 Å². The highest BCUT2D eigenvalue weighted by molar-refractivity contribution is 7.87. The van der Waals surface area contributed by atoms with Crippen molar-refractivity contribution in [2.24, 2.45) is 0 Å². The Kier molecular flexibility index (Phi) is 3.93. The Hall–Kier alpha value is -1.86. The van der Waals surface area contributed by atoms with Crippen molar-refractivity contribution >= 4 is 10.1 Å². The molecule has 2 aromatic rings. The quantitative estimate of drug-likeness (QED) is 0.629. The molecule has 0 fully saturated rings. The van der Waals surface area contributed by atoms with Crippen LogP contribution >= 0.6 is 0 Å². The van der Waals surface area contributed by atoms with Gasteiger partial charge in [0.15, 0.2) is 0 Å². The molecule has 3 rings (SSSR count). The van der Waals surface area contributed by atoms with Gasteiger partial charge in [-0.25, -0.2) is 0 Å². The van der Waals surface area contributed by atoms with E-state index >= 15 is 0 Å². The summed E-state index contributed by atoms with van der Waals surface area (Å²) in [6.07, 6.45) is 1.39. The van der Waals surface area contributed by atoms with Crippen molar-refractivity contribution < 1.29 is 25.8 Å². The summed E-state index contributed by atoms with van der Waals surface area (Å²) in [6.45, 7) is -0.618. The Morgan fingerprint density at radius 3 is 2.39 bits per heavy atom. The third-order valence-corrected chi connectivity index (χ3v) is 4.87. The number of benzene rings is 2. The Morgan fingerprint density at radius 1 is 0.957 bits per heavy atom. The molecule has 0 amide bonds. The number of rotatable bonds is 3. The smallest absolute Gasteiger partial charge is 0.258 e. The van der Waals surface area contributed by atoms with Gasteiger partial charge in [0.05, 0.1) is 6.61 Å². The van der Waals surface area contributed by atoms with Crippen LogP contribution < -0.4 is 0 Å². The third-order valence-electron chi connectivity index (χ3n) is 3.88. The molecule has 1 aliphatic carbocycles. The standard InChI is InChI=1S/C16H13F3O3S/c17-16(18,19)23(20,21)22-10-12-5-3-7-15-13-6-2-1-4-11(13)8-9-14(12)15/h1-7H,8-10H2. The minimum absolute atomic E-state index is 0.463. The molecular weight excluding hydrogens is 329 g/mol. The second-order valence-corrected chi connectivity index (χ2v) is 6.87. The molecular formula is C16H13F3O3S. The number of aryl methyl sites for hydroxylation is 1. The van der Waals surface area contributed by atoms with E-state index in [4.69, 9.17) is 0 Å². The average molecular weight is 342 g/mol. The summed E-state index contributed by atoms with van der Waals surface area (Å²) in [5, 5.41) is 0. The van der Waals surface area contributed by atoms with Gasteiger partial charge in [-0.1, -0.05) is 42.5 Å². The summed E-state index contributed by atoms with van der Waals surface area (Å²) in [4.78, 5) is 0. The Labute approximate surface area is 131 Å². The van der Waals surface area contributed by atoms with E-state index in [1.165, 1.54) is 5.56 Å². The van der Waals surface area contributed by atoms with E-state index in [2.05, 4.69) is 4.18 Å². The number of halogens is 3. The molecule has 2 aromatic carbocycles. The van der Waals surface area contributed by atoms with Crippen molar-refractivity contribution in [3.63, 3.8) is 0 Å². The highest BCUT2D eigenvalue weighted by atomic mass is 32.2. The maximum atomic E-state index is 12.4. The van der Waals surface area contributed by atoms with Gasteiger partial charge in [-0.15, -0.1) is 0 Å². The Bertz CT molecular complexity index is 842. The lowest BCUT2D eigenvalue weighted by Crippen LogP contribution is -2.25. The molecule has 122 valence electrons. The van der Waals surface area contributed by atoms with Gasteiger partial charge in [0.25, 0.3) is 0 Å². The Balaban J connectivity index is 1.93. The van der Waals surface area contributed by atoms with E-state index in [0.29, 0.717) is 12.0 Å². The topological polar surface area (TPSA) is 43.4 Å². The fourth-order valence-electron chi connectivity index (χ4n) is 2.79. The van der Waals surface area contributed by atoms with E-state index in [9.17, 15) is 21.6 Å². The second kappa shape index (κ2) is 5.65. The zero-order chi connectivity index (χ0) is 16.7. The van der Waals surface area contributed by atoms with Crippen molar-refractivity contribution in [2.75, 3.05) is 0 Å². The van der Waals surface area contributed by atoms with Gasteiger partial charge >= 0.3 is 15.6 Å². The minimum atomic E-state index is -5.58. The fourth-order valence-corrected chi connectivity index (χ4v) is 3.20. The molecule has 3 nitrogen and oxygen atoms in total. The van der Waals surface area contributed by atoms with Gasteiger partial charge in [0, 0.05) is 0 Å². The van der Waals surface area contributed by atoms with Crippen LogP contribution in [0.3, 0.4) is 0 Å². The summed E-state index contributed by atoms with van der Waals surface area (Å²) in [5.41, 5.74) is -1.00.